The predicted molar refractivity (Wildman–Crippen MR) is 129 cm³/mol. The van der Waals surface area contributed by atoms with Crippen molar-refractivity contribution >= 4 is 44.6 Å². The van der Waals surface area contributed by atoms with Gasteiger partial charge in [0.05, 0.1) is 5.56 Å². The summed E-state index contributed by atoms with van der Waals surface area (Å²) >= 11 is 5.21. The van der Waals surface area contributed by atoms with E-state index in [0.717, 1.165) is 67.9 Å². The Bertz CT molecular complexity index is 853. The molecule has 0 spiro atoms. The Morgan fingerprint density at radius 1 is 1.27 bits per heavy atom. The summed E-state index contributed by atoms with van der Waals surface area (Å²) in [4.78, 5) is 25.5. The van der Waals surface area contributed by atoms with Crippen LogP contribution in [0.2, 0.25) is 0 Å². The van der Waals surface area contributed by atoms with E-state index < -0.39 is 0 Å². The average molecular weight is 494 g/mol. The highest BCUT2D eigenvalue weighted by atomic mass is 79.9. The molecule has 2 heterocycles. The Kier molecular flexibility index (Phi) is 8.72. The number of carbonyl (C=O) groups is 2. The van der Waals surface area contributed by atoms with Gasteiger partial charge in [-0.25, -0.2) is 4.79 Å². The normalized spacial score (nSPS) is 17.3. The fourth-order valence-corrected chi connectivity index (χ4v) is 5.92. The molecular formula is C23H32BrN3O2S. The lowest BCUT2D eigenvalue weighted by atomic mass is 9.91. The molecule has 0 bridgehead atoms. The summed E-state index contributed by atoms with van der Waals surface area (Å²) in [5.41, 5.74) is 5.79. The molecular weight excluding hydrogens is 462 g/mol. The van der Waals surface area contributed by atoms with E-state index >= 15 is 0 Å². The molecule has 2 amide bonds. The molecule has 3 N–H and O–H groups in total. The minimum absolute atomic E-state index is 0.257. The number of aldehydes is 1. The molecule has 0 saturated heterocycles. The van der Waals surface area contributed by atoms with Crippen molar-refractivity contribution < 1.29 is 9.59 Å². The van der Waals surface area contributed by atoms with Crippen LogP contribution in [-0.2, 0) is 12.8 Å². The number of allylic oxidation sites excluding steroid dienone is 1. The molecule has 164 valence electrons. The number of hydrogen-bond acceptors (Lipinski definition) is 4. The minimum atomic E-state index is -0.257. The van der Waals surface area contributed by atoms with Crippen molar-refractivity contribution in [3.8, 4) is 0 Å². The second-order valence-electron chi connectivity index (χ2n) is 8.00. The van der Waals surface area contributed by atoms with E-state index in [1.54, 1.807) is 11.3 Å². The smallest absolute Gasteiger partial charge is 0.320 e. The van der Waals surface area contributed by atoms with Gasteiger partial charge >= 0.3 is 6.03 Å². The Labute approximate surface area is 191 Å². The van der Waals surface area contributed by atoms with E-state index in [-0.39, 0.29) is 6.03 Å². The van der Waals surface area contributed by atoms with E-state index in [4.69, 9.17) is 0 Å². The second kappa shape index (κ2) is 11.3. The molecule has 0 radical (unpaired) electrons. The summed E-state index contributed by atoms with van der Waals surface area (Å²) in [6.07, 6.45) is 9.52. The van der Waals surface area contributed by atoms with Crippen LogP contribution in [0.5, 0.6) is 0 Å². The number of anilines is 1. The van der Waals surface area contributed by atoms with Crippen molar-refractivity contribution in [1.82, 2.24) is 10.6 Å². The summed E-state index contributed by atoms with van der Waals surface area (Å²) < 4.78 is 1.06. The van der Waals surface area contributed by atoms with Crippen molar-refractivity contribution in [2.75, 3.05) is 25.0 Å². The third kappa shape index (κ3) is 5.62. The topological polar surface area (TPSA) is 70.2 Å². The summed E-state index contributed by atoms with van der Waals surface area (Å²) in [7, 11) is 0. The summed E-state index contributed by atoms with van der Waals surface area (Å²) in [5.74, 6) is 0. The van der Waals surface area contributed by atoms with Gasteiger partial charge in [-0.1, -0.05) is 34.8 Å². The number of carbonyl (C=O) groups excluding carboxylic acids is 2. The number of amides is 2. The maximum Gasteiger partial charge on any atom is 0.320 e. The monoisotopic (exact) mass is 493 g/mol. The Morgan fingerprint density at radius 2 is 2.07 bits per heavy atom. The fraction of sp³-hybridized carbons (Fsp3) is 0.565. The number of urea groups is 1. The summed E-state index contributed by atoms with van der Waals surface area (Å²) in [6, 6.07) is -0.257. The fourth-order valence-electron chi connectivity index (χ4n) is 4.29. The van der Waals surface area contributed by atoms with Crippen LogP contribution in [0.1, 0.15) is 73.2 Å². The van der Waals surface area contributed by atoms with Crippen LogP contribution in [0.15, 0.2) is 21.2 Å². The molecule has 0 fully saturated rings. The average Bonchev–Trinajstić information content (AvgIpc) is 3.09. The van der Waals surface area contributed by atoms with E-state index in [2.05, 4.69) is 38.8 Å². The van der Waals surface area contributed by atoms with E-state index in [1.165, 1.54) is 34.4 Å². The lowest BCUT2D eigenvalue weighted by molar-refractivity contribution is 0.112. The van der Waals surface area contributed by atoms with Gasteiger partial charge in [0.25, 0.3) is 0 Å². The third-order valence-electron chi connectivity index (χ3n) is 5.91. The molecule has 0 aromatic carbocycles. The van der Waals surface area contributed by atoms with Crippen molar-refractivity contribution in [3.05, 3.63) is 37.2 Å². The standard InChI is InChI=1S/C23H32BrN3O2S/c1-3-4-7-16-12-25-11-10-17(16)19(15(2)24)13-26-23(29)27-22-20(14-28)18-8-5-6-9-21(18)30-22/h14,25H,3-13H2,1-2H3,(H2,26,27,29)/b19-15+. The first kappa shape index (κ1) is 23.2. The lowest BCUT2D eigenvalue weighted by Crippen LogP contribution is -2.33. The van der Waals surface area contributed by atoms with Gasteiger partial charge in [-0.05, 0) is 79.6 Å². The summed E-state index contributed by atoms with van der Waals surface area (Å²) in [5, 5.41) is 10.1. The number of hydrogen-bond donors (Lipinski definition) is 3. The first-order valence-electron chi connectivity index (χ1n) is 11.0. The van der Waals surface area contributed by atoms with Gasteiger partial charge in [-0.3, -0.25) is 10.1 Å². The zero-order valence-electron chi connectivity index (χ0n) is 18.0. The van der Waals surface area contributed by atoms with Gasteiger partial charge in [0.2, 0.25) is 0 Å². The van der Waals surface area contributed by atoms with Crippen molar-refractivity contribution in [2.24, 2.45) is 0 Å². The number of nitrogens with one attached hydrogen (secondary N) is 3. The van der Waals surface area contributed by atoms with Crippen LogP contribution in [0.4, 0.5) is 9.80 Å². The van der Waals surface area contributed by atoms with Crippen LogP contribution < -0.4 is 16.0 Å². The highest BCUT2D eigenvalue weighted by molar-refractivity contribution is 9.11. The van der Waals surface area contributed by atoms with Gasteiger partial charge in [0.1, 0.15) is 5.00 Å². The van der Waals surface area contributed by atoms with Gasteiger partial charge in [0.15, 0.2) is 6.29 Å². The molecule has 1 aliphatic carbocycles. The predicted octanol–water partition coefficient (Wildman–Crippen LogP) is 5.71. The quantitative estimate of drug-likeness (QED) is 0.406. The Morgan fingerprint density at radius 3 is 2.80 bits per heavy atom. The highest BCUT2D eigenvalue weighted by Gasteiger charge is 2.22. The lowest BCUT2D eigenvalue weighted by Gasteiger charge is -2.25. The van der Waals surface area contributed by atoms with Crippen LogP contribution in [0.25, 0.3) is 0 Å². The molecule has 1 aliphatic heterocycles. The molecule has 5 nitrogen and oxygen atoms in total. The van der Waals surface area contributed by atoms with Crippen molar-refractivity contribution in [2.45, 2.75) is 65.2 Å². The number of aryl methyl sites for hydroxylation is 1. The molecule has 0 atom stereocenters. The zero-order valence-corrected chi connectivity index (χ0v) is 20.4. The van der Waals surface area contributed by atoms with Crippen LogP contribution >= 0.6 is 27.3 Å². The van der Waals surface area contributed by atoms with Crippen LogP contribution in [0.3, 0.4) is 0 Å². The first-order valence-corrected chi connectivity index (χ1v) is 12.6. The van der Waals surface area contributed by atoms with Crippen molar-refractivity contribution in [3.63, 3.8) is 0 Å². The van der Waals surface area contributed by atoms with Crippen LogP contribution in [-0.4, -0.2) is 32.0 Å². The summed E-state index contributed by atoms with van der Waals surface area (Å²) in [6.45, 7) is 6.61. The van der Waals surface area contributed by atoms with E-state index in [0.29, 0.717) is 17.1 Å². The number of fused-ring (bicyclic) bond motifs is 1. The number of rotatable bonds is 8. The first-order chi connectivity index (χ1) is 14.5. The van der Waals surface area contributed by atoms with Crippen LogP contribution in [0, 0.1) is 0 Å². The van der Waals surface area contributed by atoms with E-state index in [1.807, 2.05) is 6.92 Å². The largest absolute Gasteiger partial charge is 0.334 e. The Balaban J connectivity index is 1.69. The molecule has 30 heavy (non-hydrogen) atoms. The number of halogens is 1. The molecule has 1 aromatic rings. The van der Waals surface area contributed by atoms with Gasteiger partial charge < -0.3 is 10.6 Å². The third-order valence-corrected chi connectivity index (χ3v) is 7.61. The molecule has 1 aromatic heterocycles. The minimum Gasteiger partial charge on any atom is -0.334 e. The van der Waals surface area contributed by atoms with Gasteiger partial charge in [-0.2, -0.15) is 0 Å². The van der Waals surface area contributed by atoms with E-state index in [9.17, 15) is 9.59 Å². The Hall–Kier alpha value is -1.44. The second-order valence-corrected chi connectivity index (χ2v) is 10.3. The molecule has 0 saturated carbocycles. The molecule has 7 heteroatoms. The number of unbranched alkanes of at least 4 members (excludes halogenated alkanes) is 1. The molecule has 3 rings (SSSR count). The van der Waals surface area contributed by atoms with Crippen molar-refractivity contribution in [1.29, 1.82) is 0 Å². The SMILES string of the molecule is CCCCC1=C(/C(CNC(=O)Nc2sc3c(c2C=O)CCCC3)=C(\C)Br)CCNC1. The zero-order chi connectivity index (χ0) is 21.5. The maximum atomic E-state index is 12.7. The molecule has 2 aliphatic rings. The van der Waals surface area contributed by atoms with Gasteiger partial charge in [0, 0.05) is 18.0 Å². The van der Waals surface area contributed by atoms with Gasteiger partial charge in [-0.15, -0.1) is 11.3 Å². The highest BCUT2D eigenvalue weighted by Crippen LogP contribution is 2.37. The maximum absolute atomic E-state index is 12.7. The number of thiophene rings is 1. The molecule has 0 unspecified atom stereocenters.